The van der Waals surface area contributed by atoms with Gasteiger partial charge in [0.1, 0.15) is 5.82 Å². The Morgan fingerprint density at radius 3 is 1.81 bits per heavy atom. The highest BCUT2D eigenvalue weighted by molar-refractivity contribution is 9.10. The zero-order valence-corrected chi connectivity index (χ0v) is 14.7. The summed E-state index contributed by atoms with van der Waals surface area (Å²) in [4.78, 5) is 0. The lowest BCUT2D eigenvalue weighted by Gasteiger charge is -2.23. The van der Waals surface area contributed by atoms with Crippen LogP contribution in [0.25, 0.3) is 0 Å². The molecule has 112 valence electrons. The Hall–Kier alpha value is -1.19. The van der Waals surface area contributed by atoms with E-state index in [2.05, 4.69) is 50.5 Å². The minimum absolute atomic E-state index is 0.273. The molecule has 0 spiro atoms. The van der Waals surface area contributed by atoms with Crippen LogP contribution < -0.4 is 5.73 Å². The van der Waals surface area contributed by atoms with E-state index in [4.69, 9.17) is 5.73 Å². The molecule has 0 saturated carbocycles. The molecule has 2 aromatic carbocycles. The molecule has 0 aliphatic heterocycles. The molecule has 0 fully saturated rings. The van der Waals surface area contributed by atoms with Crippen molar-refractivity contribution in [3.63, 3.8) is 0 Å². The van der Waals surface area contributed by atoms with Crippen LogP contribution >= 0.6 is 15.9 Å². The molecule has 0 aliphatic carbocycles. The van der Waals surface area contributed by atoms with Gasteiger partial charge in [0.15, 0.2) is 0 Å². The van der Waals surface area contributed by atoms with E-state index in [1.165, 1.54) is 39.9 Å². The fraction of sp³-hybridized carbons (Fsp3) is 0.333. The molecule has 1 atom stereocenters. The average Bonchev–Trinajstić information content (AvgIpc) is 2.42. The first kappa shape index (κ1) is 16.2. The number of halogens is 2. The third-order valence-corrected chi connectivity index (χ3v) is 5.07. The summed E-state index contributed by atoms with van der Waals surface area (Å²) in [6.07, 6.45) is 0. The van der Waals surface area contributed by atoms with Gasteiger partial charge in [0.25, 0.3) is 0 Å². The van der Waals surface area contributed by atoms with Crippen LogP contribution in [0.5, 0.6) is 0 Å². The van der Waals surface area contributed by atoms with E-state index in [1.807, 2.05) is 6.07 Å². The first-order chi connectivity index (χ1) is 9.73. The molecule has 0 bridgehead atoms. The maximum absolute atomic E-state index is 13.6. The van der Waals surface area contributed by atoms with Gasteiger partial charge >= 0.3 is 0 Å². The highest BCUT2D eigenvalue weighted by Crippen LogP contribution is 2.33. The molecule has 0 aromatic heterocycles. The van der Waals surface area contributed by atoms with Gasteiger partial charge in [0.2, 0.25) is 0 Å². The van der Waals surface area contributed by atoms with E-state index in [0.717, 1.165) is 11.1 Å². The van der Waals surface area contributed by atoms with Gasteiger partial charge in [-0.25, -0.2) is 4.39 Å². The molecule has 2 N–H and O–H groups in total. The van der Waals surface area contributed by atoms with Gasteiger partial charge in [-0.05, 0) is 91.8 Å². The van der Waals surface area contributed by atoms with Gasteiger partial charge in [-0.3, -0.25) is 0 Å². The van der Waals surface area contributed by atoms with Crippen molar-refractivity contribution in [2.75, 3.05) is 0 Å². The summed E-state index contributed by atoms with van der Waals surface area (Å²) in [7, 11) is 0. The molecule has 2 rings (SSSR count). The van der Waals surface area contributed by atoms with Crippen molar-refractivity contribution in [3.8, 4) is 0 Å². The van der Waals surface area contributed by atoms with E-state index in [0.29, 0.717) is 4.47 Å². The lowest BCUT2D eigenvalue weighted by Crippen LogP contribution is -2.17. The third-order valence-electron chi connectivity index (χ3n) is 4.61. The maximum atomic E-state index is 13.6. The minimum atomic E-state index is -0.324. The van der Waals surface area contributed by atoms with Gasteiger partial charge in [-0.1, -0.05) is 15.9 Å². The lowest BCUT2D eigenvalue weighted by molar-refractivity contribution is 0.622. The van der Waals surface area contributed by atoms with Crippen molar-refractivity contribution in [2.45, 2.75) is 40.7 Å². The molecular weight excluding hydrogens is 329 g/mol. The standard InChI is InChI=1S/C18H21BrFN/c1-9-10(2)12(4)17(13(5)11(9)3)18(21)14-6-15(19)8-16(20)7-14/h6-8,18H,21H2,1-5H3. The van der Waals surface area contributed by atoms with Crippen molar-refractivity contribution < 1.29 is 4.39 Å². The smallest absolute Gasteiger partial charge is 0.124 e. The first-order valence-electron chi connectivity index (χ1n) is 7.02. The maximum Gasteiger partial charge on any atom is 0.124 e. The van der Waals surface area contributed by atoms with Crippen molar-refractivity contribution in [1.82, 2.24) is 0 Å². The minimum Gasteiger partial charge on any atom is -0.320 e. The Labute approximate surface area is 134 Å². The van der Waals surface area contributed by atoms with Gasteiger partial charge in [-0.2, -0.15) is 0 Å². The molecule has 0 amide bonds. The number of rotatable bonds is 2. The molecule has 0 heterocycles. The Kier molecular flexibility index (Phi) is 4.54. The topological polar surface area (TPSA) is 26.0 Å². The first-order valence-corrected chi connectivity index (χ1v) is 7.81. The predicted octanol–water partition coefficient (Wildman–Crippen LogP) is 5.18. The number of nitrogens with two attached hydrogens (primary N) is 1. The van der Waals surface area contributed by atoms with Gasteiger partial charge in [0, 0.05) is 4.47 Å². The van der Waals surface area contributed by atoms with E-state index >= 15 is 0 Å². The fourth-order valence-corrected chi connectivity index (χ4v) is 3.40. The van der Waals surface area contributed by atoms with Crippen LogP contribution in [0.3, 0.4) is 0 Å². The second kappa shape index (κ2) is 5.90. The molecule has 2 aromatic rings. The number of benzene rings is 2. The predicted molar refractivity (Wildman–Crippen MR) is 90.3 cm³/mol. The molecule has 0 radical (unpaired) electrons. The van der Waals surface area contributed by atoms with Crippen LogP contribution in [0.2, 0.25) is 0 Å². The molecule has 0 aliphatic rings. The molecule has 1 nitrogen and oxygen atoms in total. The van der Waals surface area contributed by atoms with Crippen molar-refractivity contribution >= 4 is 15.9 Å². The van der Waals surface area contributed by atoms with Gasteiger partial charge in [0.05, 0.1) is 6.04 Å². The highest BCUT2D eigenvalue weighted by Gasteiger charge is 2.19. The normalized spacial score (nSPS) is 12.6. The van der Waals surface area contributed by atoms with Crippen LogP contribution in [0, 0.1) is 40.4 Å². The Morgan fingerprint density at radius 2 is 1.33 bits per heavy atom. The zero-order chi connectivity index (χ0) is 15.9. The SMILES string of the molecule is Cc1c(C)c(C)c(C(N)c2cc(F)cc(Br)c2)c(C)c1C. The second-order valence-electron chi connectivity index (χ2n) is 5.72. The fourth-order valence-electron chi connectivity index (χ4n) is 2.92. The summed E-state index contributed by atoms with van der Waals surface area (Å²) in [5, 5.41) is 0. The quantitative estimate of drug-likeness (QED) is 0.794. The molecule has 3 heteroatoms. The third kappa shape index (κ3) is 2.90. The summed E-state index contributed by atoms with van der Waals surface area (Å²) < 4.78 is 14.4. The molecular formula is C18H21BrFN. The van der Waals surface area contributed by atoms with Crippen LogP contribution in [0.15, 0.2) is 22.7 Å². The van der Waals surface area contributed by atoms with Crippen LogP contribution in [-0.2, 0) is 0 Å². The number of hydrogen-bond donors (Lipinski definition) is 1. The number of hydrogen-bond acceptors (Lipinski definition) is 1. The van der Waals surface area contributed by atoms with Crippen molar-refractivity contribution in [3.05, 3.63) is 67.4 Å². The summed E-state index contributed by atoms with van der Waals surface area (Å²) in [6.45, 7) is 10.6. The summed E-state index contributed by atoms with van der Waals surface area (Å²) in [5.41, 5.74) is 14.6. The Morgan fingerprint density at radius 1 is 0.857 bits per heavy atom. The van der Waals surface area contributed by atoms with Crippen molar-refractivity contribution in [1.29, 1.82) is 0 Å². The molecule has 21 heavy (non-hydrogen) atoms. The van der Waals surface area contributed by atoms with Crippen molar-refractivity contribution in [2.24, 2.45) is 5.73 Å². The van der Waals surface area contributed by atoms with Crippen LogP contribution in [0.1, 0.15) is 45.0 Å². The molecule has 1 unspecified atom stereocenters. The average molecular weight is 350 g/mol. The second-order valence-corrected chi connectivity index (χ2v) is 6.63. The molecule has 0 saturated heterocycles. The lowest BCUT2D eigenvalue weighted by atomic mass is 9.84. The van der Waals surface area contributed by atoms with E-state index in [9.17, 15) is 4.39 Å². The Bertz CT molecular complexity index is 658. The van der Waals surface area contributed by atoms with E-state index < -0.39 is 0 Å². The largest absolute Gasteiger partial charge is 0.320 e. The summed E-state index contributed by atoms with van der Waals surface area (Å²) >= 11 is 3.34. The van der Waals surface area contributed by atoms with Crippen LogP contribution in [0.4, 0.5) is 4.39 Å². The van der Waals surface area contributed by atoms with Gasteiger partial charge < -0.3 is 5.73 Å². The van der Waals surface area contributed by atoms with E-state index in [1.54, 1.807) is 0 Å². The summed E-state index contributed by atoms with van der Waals surface area (Å²) in [6, 6.07) is 4.52. The monoisotopic (exact) mass is 349 g/mol. The van der Waals surface area contributed by atoms with Gasteiger partial charge in [-0.15, -0.1) is 0 Å². The Balaban J connectivity index is 2.66. The van der Waals surface area contributed by atoms with Crippen LogP contribution in [-0.4, -0.2) is 0 Å². The zero-order valence-electron chi connectivity index (χ0n) is 13.1. The summed E-state index contributed by atoms with van der Waals surface area (Å²) in [5.74, 6) is -0.273. The highest BCUT2D eigenvalue weighted by atomic mass is 79.9. The van der Waals surface area contributed by atoms with E-state index in [-0.39, 0.29) is 11.9 Å².